The summed E-state index contributed by atoms with van der Waals surface area (Å²) in [6, 6.07) is 10.1. The minimum absolute atomic E-state index is 0.214. The highest BCUT2D eigenvalue weighted by Crippen LogP contribution is 2.57. The standard InChI is InChI=1S/C30H27F3N8O2/c1-17(15-34)25(42)40-29-9-7-28(16-29,8-10-29)27-39-22(23-24(35)37-12-13-41(23)27)18-2-4-19(5-3-18)26(43)38-21-14-20(6-11-36-21)30(31,32)33/h2-6,11-14,17H,7-10,16H2,1H3,(H2,35,37)(H,40,42)(H,36,38,43). The predicted octanol–water partition coefficient (Wildman–Crippen LogP) is 4.87. The summed E-state index contributed by atoms with van der Waals surface area (Å²) in [5.41, 5.74) is 6.80. The van der Waals surface area contributed by atoms with Gasteiger partial charge in [-0.2, -0.15) is 18.4 Å². The van der Waals surface area contributed by atoms with Gasteiger partial charge in [0.1, 0.15) is 34.6 Å². The van der Waals surface area contributed by atoms with E-state index in [1.54, 1.807) is 37.4 Å². The summed E-state index contributed by atoms with van der Waals surface area (Å²) in [4.78, 5) is 38.5. The lowest BCUT2D eigenvalue weighted by molar-refractivity contribution is -0.137. The van der Waals surface area contributed by atoms with Crippen LogP contribution in [0.1, 0.15) is 60.8 Å². The summed E-state index contributed by atoms with van der Waals surface area (Å²) >= 11 is 0. The quantitative estimate of drug-likeness (QED) is 0.291. The van der Waals surface area contributed by atoms with E-state index in [1.807, 2.05) is 16.7 Å². The van der Waals surface area contributed by atoms with Gasteiger partial charge in [-0.3, -0.25) is 14.0 Å². The first kappa shape index (κ1) is 28.1. The van der Waals surface area contributed by atoms with Gasteiger partial charge in [0, 0.05) is 40.7 Å². The lowest BCUT2D eigenvalue weighted by atomic mass is 9.83. The van der Waals surface area contributed by atoms with Gasteiger partial charge in [-0.1, -0.05) is 12.1 Å². The molecule has 43 heavy (non-hydrogen) atoms. The van der Waals surface area contributed by atoms with Crippen molar-refractivity contribution in [2.24, 2.45) is 5.92 Å². The molecule has 2 amide bonds. The van der Waals surface area contributed by atoms with Crippen molar-refractivity contribution in [2.45, 2.75) is 56.2 Å². The number of aromatic nitrogens is 4. The van der Waals surface area contributed by atoms with E-state index in [-0.39, 0.29) is 28.5 Å². The number of hydrogen-bond donors (Lipinski definition) is 3. The molecule has 1 unspecified atom stereocenters. The topological polar surface area (TPSA) is 151 Å². The monoisotopic (exact) mass is 588 g/mol. The first-order valence-corrected chi connectivity index (χ1v) is 13.7. The number of hydrogen-bond acceptors (Lipinski definition) is 7. The summed E-state index contributed by atoms with van der Waals surface area (Å²) in [5, 5.41) is 14.7. The van der Waals surface area contributed by atoms with Crippen molar-refractivity contribution in [3.8, 4) is 17.3 Å². The highest BCUT2D eigenvalue weighted by molar-refractivity contribution is 6.04. The first-order chi connectivity index (χ1) is 20.4. The minimum Gasteiger partial charge on any atom is -0.382 e. The lowest BCUT2D eigenvalue weighted by Crippen LogP contribution is -2.46. The number of fused-ring (bicyclic) bond motifs is 3. The van der Waals surface area contributed by atoms with E-state index in [2.05, 4.69) is 20.6 Å². The van der Waals surface area contributed by atoms with Crippen LogP contribution in [0.2, 0.25) is 0 Å². The molecule has 13 heteroatoms. The molecule has 0 spiro atoms. The Morgan fingerprint density at radius 2 is 1.81 bits per heavy atom. The van der Waals surface area contributed by atoms with Crippen molar-refractivity contribution in [3.63, 3.8) is 0 Å². The number of amides is 2. The molecule has 2 aliphatic rings. The molecular weight excluding hydrogens is 561 g/mol. The Balaban J connectivity index is 1.29. The van der Waals surface area contributed by atoms with Crippen LogP contribution in [-0.2, 0) is 16.4 Å². The number of nitrogens with zero attached hydrogens (tertiary/aromatic N) is 5. The van der Waals surface area contributed by atoms with Gasteiger partial charge in [0.2, 0.25) is 5.91 Å². The van der Waals surface area contributed by atoms with E-state index in [0.29, 0.717) is 23.2 Å². The van der Waals surface area contributed by atoms with Crippen molar-refractivity contribution >= 4 is 29.0 Å². The van der Waals surface area contributed by atoms with E-state index in [0.717, 1.165) is 49.8 Å². The van der Waals surface area contributed by atoms with Crippen LogP contribution in [-0.4, -0.2) is 36.7 Å². The van der Waals surface area contributed by atoms with Gasteiger partial charge >= 0.3 is 6.18 Å². The summed E-state index contributed by atoms with van der Waals surface area (Å²) < 4.78 is 41.1. The van der Waals surface area contributed by atoms with Crippen LogP contribution < -0.4 is 16.4 Å². The second-order valence-electron chi connectivity index (χ2n) is 11.4. The van der Waals surface area contributed by atoms with Gasteiger partial charge in [0.25, 0.3) is 5.91 Å². The van der Waals surface area contributed by atoms with Crippen LogP contribution >= 0.6 is 0 Å². The average molecular weight is 589 g/mol. The molecule has 10 nitrogen and oxygen atoms in total. The number of pyridine rings is 1. The third kappa shape index (κ3) is 4.92. The second kappa shape index (κ2) is 10.1. The number of nitriles is 1. The molecule has 6 rings (SSSR count). The molecule has 2 fully saturated rings. The first-order valence-electron chi connectivity index (χ1n) is 13.7. The number of rotatable bonds is 6. The van der Waals surface area contributed by atoms with E-state index >= 15 is 0 Å². The fourth-order valence-corrected chi connectivity index (χ4v) is 6.39. The minimum atomic E-state index is -4.56. The number of carbonyl (C=O) groups is 2. The molecule has 4 N–H and O–H groups in total. The van der Waals surface area contributed by atoms with Crippen LogP contribution in [0.4, 0.5) is 24.8 Å². The normalized spacial score (nSPS) is 21.8. The van der Waals surface area contributed by atoms with Gasteiger partial charge in [0.15, 0.2) is 0 Å². The molecule has 1 atom stereocenters. The number of halogens is 3. The Morgan fingerprint density at radius 3 is 2.49 bits per heavy atom. The molecule has 0 saturated heterocycles. The molecular formula is C30H27F3N8O2. The maximum absolute atomic E-state index is 13.0. The maximum Gasteiger partial charge on any atom is 0.416 e. The highest BCUT2D eigenvalue weighted by atomic mass is 19.4. The van der Waals surface area contributed by atoms with Gasteiger partial charge in [0.05, 0.1) is 11.6 Å². The zero-order valence-corrected chi connectivity index (χ0v) is 23.1. The molecule has 3 heterocycles. The molecule has 2 bridgehead atoms. The van der Waals surface area contributed by atoms with Crippen LogP contribution in [0.5, 0.6) is 0 Å². The number of nitrogens with one attached hydrogen (secondary N) is 2. The predicted molar refractivity (Wildman–Crippen MR) is 150 cm³/mol. The summed E-state index contributed by atoms with van der Waals surface area (Å²) in [7, 11) is 0. The van der Waals surface area contributed by atoms with Crippen molar-refractivity contribution < 1.29 is 22.8 Å². The number of alkyl halides is 3. The van der Waals surface area contributed by atoms with Crippen molar-refractivity contribution in [1.82, 2.24) is 24.7 Å². The molecule has 3 aromatic heterocycles. The summed E-state index contributed by atoms with van der Waals surface area (Å²) in [6.07, 6.45) is 3.68. The van der Waals surface area contributed by atoms with Crippen LogP contribution in [0, 0.1) is 17.2 Å². The Labute approximate surface area is 244 Å². The molecule has 2 saturated carbocycles. The van der Waals surface area contributed by atoms with Crippen LogP contribution in [0.25, 0.3) is 16.8 Å². The Kier molecular flexibility index (Phi) is 6.60. The van der Waals surface area contributed by atoms with Crippen LogP contribution in [0.15, 0.2) is 55.0 Å². The Morgan fingerprint density at radius 1 is 1.09 bits per heavy atom. The molecule has 220 valence electrons. The number of nitrogens with two attached hydrogens (primary N) is 1. The van der Waals surface area contributed by atoms with E-state index in [9.17, 15) is 28.0 Å². The smallest absolute Gasteiger partial charge is 0.382 e. The SMILES string of the molecule is CC(C#N)C(=O)NC12CCC(c3nc(-c4ccc(C(=O)Nc5cc(C(F)(F)F)ccn5)cc4)c4c(N)nccn34)(CC1)C2. The van der Waals surface area contributed by atoms with Gasteiger partial charge < -0.3 is 16.4 Å². The zero-order valence-electron chi connectivity index (χ0n) is 23.1. The van der Waals surface area contributed by atoms with Crippen molar-refractivity contribution in [3.05, 3.63) is 71.9 Å². The van der Waals surface area contributed by atoms with E-state index < -0.39 is 29.1 Å². The largest absolute Gasteiger partial charge is 0.416 e. The molecule has 4 aromatic rings. The summed E-state index contributed by atoms with van der Waals surface area (Å²) in [5.74, 6) is -0.741. The highest BCUT2D eigenvalue weighted by Gasteiger charge is 2.57. The molecule has 1 aromatic carbocycles. The second-order valence-corrected chi connectivity index (χ2v) is 11.4. The molecule has 0 aliphatic heterocycles. The van der Waals surface area contributed by atoms with Crippen molar-refractivity contribution in [2.75, 3.05) is 11.1 Å². The third-order valence-electron chi connectivity index (χ3n) is 8.62. The average Bonchev–Trinajstić information content (AvgIpc) is 3.68. The fraction of sp³-hybridized carbons (Fsp3) is 0.333. The fourth-order valence-electron chi connectivity index (χ4n) is 6.39. The lowest BCUT2D eigenvalue weighted by Gasteiger charge is -2.28. The number of benzene rings is 1. The molecule has 2 aliphatic carbocycles. The van der Waals surface area contributed by atoms with Gasteiger partial charge in [-0.25, -0.2) is 15.0 Å². The Hall–Kier alpha value is -4.99. The zero-order chi connectivity index (χ0) is 30.6. The Bertz CT molecular complexity index is 1780. The number of anilines is 2. The number of imidazole rings is 1. The molecule has 0 radical (unpaired) electrons. The van der Waals surface area contributed by atoms with E-state index in [1.165, 1.54) is 0 Å². The number of nitrogen functional groups attached to an aromatic ring is 1. The van der Waals surface area contributed by atoms with Crippen molar-refractivity contribution in [1.29, 1.82) is 5.26 Å². The maximum atomic E-state index is 13.0. The van der Waals surface area contributed by atoms with Gasteiger partial charge in [-0.05, 0) is 63.3 Å². The number of carbonyl (C=O) groups excluding carboxylic acids is 2. The third-order valence-corrected chi connectivity index (χ3v) is 8.62. The van der Waals surface area contributed by atoms with E-state index in [4.69, 9.17) is 10.7 Å². The van der Waals surface area contributed by atoms with Crippen LogP contribution in [0.3, 0.4) is 0 Å². The van der Waals surface area contributed by atoms with Gasteiger partial charge in [-0.15, -0.1) is 0 Å². The summed E-state index contributed by atoms with van der Waals surface area (Å²) in [6.45, 7) is 1.59.